The summed E-state index contributed by atoms with van der Waals surface area (Å²) in [5, 5.41) is 1.21. The number of hydrogen-bond donors (Lipinski definition) is 0. The molecule has 2 heterocycles. The molecule has 0 spiro atoms. The van der Waals surface area contributed by atoms with Crippen LogP contribution in [0.25, 0.3) is 10.1 Å². The van der Waals surface area contributed by atoms with Gasteiger partial charge in [0.25, 0.3) is 5.91 Å². The van der Waals surface area contributed by atoms with Crippen LogP contribution in [-0.2, 0) is 11.2 Å². The van der Waals surface area contributed by atoms with Crippen LogP contribution in [0.2, 0.25) is 0 Å². The molecular weight excluding hydrogens is 282 g/mol. The van der Waals surface area contributed by atoms with Gasteiger partial charge in [0.1, 0.15) is 5.78 Å². The highest BCUT2D eigenvalue weighted by Crippen LogP contribution is 2.33. The summed E-state index contributed by atoms with van der Waals surface area (Å²) < 4.78 is 1.18. The number of ketones is 1. The summed E-state index contributed by atoms with van der Waals surface area (Å²) in [5.41, 5.74) is 1.18. The maximum absolute atomic E-state index is 12.8. The first-order chi connectivity index (χ1) is 10.2. The normalized spacial score (nSPS) is 15.7. The van der Waals surface area contributed by atoms with Crippen LogP contribution in [0.15, 0.2) is 24.3 Å². The molecule has 1 aromatic heterocycles. The molecule has 1 fully saturated rings. The Hall–Kier alpha value is -1.68. The first kappa shape index (κ1) is 14.3. The van der Waals surface area contributed by atoms with Crippen LogP contribution in [0, 0.1) is 0 Å². The van der Waals surface area contributed by atoms with Crippen molar-refractivity contribution < 1.29 is 9.59 Å². The highest BCUT2D eigenvalue weighted by molar-refractivity contribution is 7.21. The van der Waals surface area contributed by atoms with Crippen LogP contribution < -0.4 is 0 Å². The lowest BCUT2D eigenvalue weighted by molar-refractivity contribution is -0.120. The predicted octanol–water partition coefficient (Wildman–Crippen LogP) is 3.66. The number of carbonyl (C=O) groups excluding carboxylic acids is 2. The topological polar surface area (TPSA) is 37.4 Å². The standard InChI is InChI=1S/C17H19NO2S/c1-2-5-14-13-6-3-4-7-15(13)21-16(14)17(20)18-10-8-12(19)9-11-18/h3-4,6-7H,2,5,8-11H2,1H3. The smallest absolute Gasteiger partial charge is 0.264 e. The molecule has 0 aliphatic carbocycles. The molecule has 3 nitrogen and oxygen atoms in total. The summed E-state index contributed by atoms with van der Waals surface area (Å²) in [6.45, 7) is 3.27. The maximum atomic E-state index is 12.8. The van der Waals surface area contributed by atoms with Gasteiger partial charge in [0, 0.05) is 30.6 Å². The Labute approximate surface area is 128 Å². The Morgan fingerprint density at radius 1 is 1.24 bits per heavy atom. The van der Waals surface area contributed by atoms with E-state index in [9.17, 15) is 9.59 Å². The summed E-state index contributed by atoms with van der Waals surface area (Å²) >= 11 is 1.59. The van der Waals surface area contributed by atoms with Crippen molar-refractivity contribution in [2.75, 3.05) is 13.1 Å². The third kappa shape index (κ3) is 2.72. The fourth-order valence-corrected chi connectivity index (χ4v) is 4.09. The van der Waals surface area contributed by atoms with Gasteiger partial charge >= 0.3 is 0 Å². The van der Waals surface area contributed by atoms with Crippen LogP contribution in [0.1, 0.15) is 41.4 Å². The van der Waals surface area contributed by atoms with E-state index in [-0.39, 0.29) is 11.7 Å². The highest BCUT2D eigenvalue weighted by Gasteiger charge is 2.25. The van der Waals surface area contributed by atoms with E-state index in [0.717, 1.165) is 17.7 Å². The Morgan fingerprint density at radius 2 is 1.95 bits per heavy atom. The lowest BCUT2D eigenvalue weighted by Crippen LogP contribution is -2.38. The fraction of sp³-hybridized carbons (Fsp3) is 0.412. The number of rotatable bonds is 3. The van der Waals surface area contributed by atoms with Crippen molar-refractivity contribution in [3.63, 3.8) is 0 Å². The minimum Gasteiger partial charge on any atom is -0.337 e. The minimum atomic E-state index is 0.104. The first-order valence-corrected chi connectivity index (χ1v) is 8.33. The Morgan fingerprint density at radius 3 is 2.67 bits per heavy atom. The van der Waals surface area contributed by atoms with Gasteiger partial charge in [-0.3, -0.25) is 9.59 Å². The predicted molar refractivity (Wildman–Crippen MR) is 86.0 cm³/mol. The number of thiophene rings is 1. The number of piperidine rings is 1. The first-order valence-electron chi connectivity index (χ1n) is 7.52. The lowest BCUT2D eigenvalue weighted by atomic mass is 10.0. The number of likely N-dealkylation sites (tertiary alicyclic amines) is 1. The van der Waals surface area contributed by atoms with Crippen LogP contribution in [0.3, 0.4) is 0 Å². The number of aryl methyl sites for hydroxylation is 1. The summed E-state index contributed by atoms with van der Waals surface area (Å²) in [4.78, 5) is 26.8. The second kappa shape index (κ2) is 5.98. The van der Waals surface area contributed by atoms with Crippen molar-refractivity contribution in [1.82, 2.24) is 4.90 Å². The quantitative estimate of drug-likeness (QED) is 0.867. The summed E-state index contributed by atoms with van der Waals surface area (Å²) in [5.74, 6) is 0.372. The molecule has 1 amide bonds. The zero-order valence-electron chi connectivity index (χ0n) is 12.2. The number of amides is 1. The maximum Gasteiger partial charge on any atom is 0.264 e. The molecule has 2 aromatic rings. The number of benzene rings is 1. The van der Waals surface area contributed by atoms with Gasteiger partial charge in [-0.05, 0) is 23.4 Å². The van der Waals surface area contributed by atoms with Crippen LogP contribution >= 0.6 is 11.3 Å². The van der Waals surface area contributed by atoms with E-state index in [1.807, 2.05) is 17.0 Å². The van der Waals surface area contributed by atoms with Gasteiger partial charge in [-0.1, -0.05) is 31.5 Å². The zero-order chi connectivity index (χ0) is 14.8. The van der Waals surface area contributed by atoms with Gasteiger partial charge in [0.15, 0.2) is 0 Å². The largest absolute Gasteiger partial charge is 0.337 e. The summed E-state index contributed by atoms with van der Waals surface area (Å²) in [6.07, 6.45) is 2.96. The molecule has 0 unspecified atom stereocenters. The molecule has 1 aliphatic rings. The SMILES string of the molecule is CCCc1c(C(=O)N2CCC(=O)CC2)sc2ccccc12. The molecule has 3 rings (SSSR count). The van der Waals surface area contributed by atoms with Gasteiger partial charge in [0.05, 0.1) is 4.88 Å². The summed E-state index contributed by atoms with van der Waals surface area (Å²) in [6, 6.07) is 8.23. The van der Waals surface area contributed by atoms with E-state index in [2.05, 4.69) is 19.1 Å². The van der Waals surface area contributed by atoms with E-state index in [4.69, 9.17) is 0 Å². The van der Waals surface area contributed by atoms with E-state index >= 15 is 0 Å². The number of hydrogen-bond acceptors (Lipinski definition) is 3. The summed E-state index contributed by atoms with van der Waals surface area (Å²) in [7, 11) is 0. The molecule has 1 aromatic carbocycles. The molecule has 110 valence electrons. The van der Waals surface area contributed by atoms with E-state index in [0.29, 0.717) is 25.9 Å². The van der Waals surface area contributed by atoms with Crippen LogP contribution in [0.5, 0.6) is 0 Å². The molecule has 0 saturated carbocycles. The molecule has 0 atom stereocenters. The highest BCUT2D eigenvalue weighted by atomic mass is 32.1. The monoisotopic (exact) mass is 301 g/mol. The Bertz CT molecular complexity index is 679. The molecule has 0 bridgehead atoms. The molecule has 4 heteroatoms. The van der Waals surface area contributed by atoms with Crippen molar-refractivity contribution in [3.8, 4) is 0 Å². The molecule has 1 saturated heterocycles. The van der Waals surface area contributed by atoms with E-state index < -0.39 is 0 Å². The second-order valence-electron chi connectivity index (χ2n) is 5.49. The Balaban J connectivity index is 1.97. The second-order valence-corrected chi connectivity index (χ2v) is 6.54. The van der Waals surface area contributed by atoms with Crippen molar-refractivity contribution in [1.29, 1.82) is 0 Å². The average molecular weight is 301 g/mol. The molecule has 21 heavy (non-hydrogen) atoms. The number of nitrogens with zero attached hydrogens (tertiary/aromatic N) is 1. The van der Waals surface area contributed by atoms with Crippen molar-refractivity contribution in [2.45, 2.75) is 32.6 Å². The zero-order valence-corrected chi connectivity index (χ0v) is 13.0. The van der Waals surface area contributed by atoms with E-state index in [1.54, 1.807) is 11.3 Å². The number of fused-ring (bicyclic) bond motifs is 1. The van der Waals surface area contributed by atoms with Crippen LogP contribution in [-0.4, -0.2) is 29.7 Å². The molecule has 1 aliphatic heterocycles. The molecule has 0 N–H and O–H groups in total. The van der Waals surface area contributed by atoms with Gasteiger partial charge in [0.2, 0.25) is 0 Å². The molecular formula is C17H19NO2S. The van der Waals surface area contributed by atoms with E-state index in [1.165, 1.54) is 15.6 Å². The Kier molecular flexibility index (Phi) is 4.06. The third-order valence-corrected chi connectivity index (χ3v) is 5.20. The number of Topliss-reactive ketones (excluding diaryl/α,β-unsaturated/α-hetero) is 1. The minimum absolute atomic E-state index is 0.104. The van der Waals surface area contributed by atoms with Gasteiger partial charge < -0.3 is 4.90 Å². The third-order valence-electron chi connectivity index (χ3n) is 4.00. The van der Waals surface area contributed by atoms with Crippen molar-refractivity contribution >= 4 is 33.1 Å². The lowest BCUT2D eigenvalue weighted by Gasteiger charge is -2.26. The van der Waals surface area contributed by atoms with Gasteiger partial charge in [-0.15, -0.1) is 11.3 Å². The van der Waals surface area contributed by atoms with Crippen molar-refractivity contribution in [2.24, 2.45) is 0 Å². The average Bonchev–Trinajstić information content (AvgIpc) is 2.87. The number of carbonyl (C=O) groups is 2. The van der Waals surface area contributed by atoms with Gasteiger partial charge in [-0.2, -0.15) is 0 Å². The van der Waals surface area contributed by atoms with Gasteiger partial charge in [-0.25, -0.2) is 0 Å². The molecule has 0 radical (unpaired) electrons. The fourth-order valence-electron chi connectivity index (χ4n) is 2.87. The van der Waals surface area contributed by atoms with Crippen LogP contribution in [0.4, 0.5) is 0 Å². The van der Waals surface area contributed by atoms with Crippen molar-refractivity contribution in [3.05, 3.63) is 34.7 Å².